The molecule has 1 fully saturated rings. The minimum atomic E-state index is -0.0456. The molecule has 1 saturated carbocycles. The van der Waals surface area contributed by atoms with Gasteiger partial charge in [-0.3, -0.25) is 9.59 Å². The Morgan fingerprint density at radius 1 is 1.21 bits per heavy atom. The SMILES string of the molecule is CNC(=O)Cn1ccc2ccc(NC(=O)[C@@H]3C[C@H]4C=C[C@H]3C4)cc21. The van der Waals surface area contributed by atoms with Crippen LogP contribution in [0.2, 0.25) is 0 Å². The van der Waals surface area contributed by atoms with Crippen molar-refractivity contribution in [1.29, 1.82) is 0 Å². The fraction of sp³-hybridized carbons (Fsp3) is 0.368. The minimum absolute atomic E-state index is 0.0456. The number of amides is 2. The third kappa shape index (κ3) is 2.60. The summed E-state index contributed by atoms with van der Waals surface area (Å²) in [6, 6.07) is 7.82. The van der Waals surface area contributed by atoms with Gasteiger partial charge in [0.2, 0.25) is 11.8 Å². The van der Waals surface area contributed by atoms with E-state index in [4.69, 9.17) is 0 Å². The Morgan fingerprint density at radius 3 is 2.79 bits per heavy atom. The Hall–Kier alpha value is -2.56. The standard InChI is InChI=1S/C19H21N3O2/c1-20-18(23)11-22-7-6-13-4-5-15(10-17(13)22)21-19(24)16-9-12-2-3-14(16)8-12/h2-7,10,12,14,16H,8-9,11H2,1H3,(H,20,23)(H,21,24)/t12-,14-,16+/m0/s1. The van der Waals surface area contributed by atoms with E-state index < -0.39 is 0 Å². The maximum atomic E-state index is 12.6. The van der Waals surface area contributed by atoms with Gasteiger partial charge in [0.25, 0.3) is 0 Å². The van der Waals surface area contributed by atoms with Crippen LogP contribution in [0.1, 0.15) is 12.8 Å². The first kappa shape index (κ1) is 15.0. The van der Waals surface area contributed by atoms with E-state index in [2.05, 4.69) is 22.8 Å². The third-order valence-corrected chi connectivity index (χ3v) is 5.25. The summed E-state index contributed by atoms with van der Waals surface area (Å²) in [5, 5.41) is 6.75. The molecule has 5 heteroatoms. The molecule has 5 nitrogen and oxygen atoms in total. The normalized spacial score (nSPS) is 24.5. The second-order valence-corrected chi connectivity index (χ2v) is 6.77. The lowest BCUT2D eigenvalue weighted by atomic mass is 9.93. The molecule has 124 valence electrons. The molecule has 2 amide bonds. The highest BCUT2D eigenvalue weighted by atomic mass is 16.2. The molecule has 2 aliphatic rings. The van der Waals surface area contributed by atoms with Crippen molar-refractivity contribution in [3.63, 3.8) is 0 Å². The van der Waals surface area contributed by atoms with Gasteiger partial charge in [-0.2, -0.15) is 0 Å². The van der Waals surface area contributed by atoms with Crippen molar-refractivity contribution in [2.75, 3.05) is 12.4 Å². The number of fused-ring (bicyclic) bond motifs is 3. The lowest BCUT2D eigenvalue weighted by molar-refractivity contribution is -0.121. The maximum absolute atomic E-state index is 12.6. The first-order valence-electron chi connectivity index (χ1n) is 8.42. The zero-order valence-corrected chi connectivity index (χ0v) is 13.7. The smallest absolute Gasteiger partial charge is 0.239 e. The van der Waals surface area contributed by atoms with Crippen molar-refractivity contribution in [3.05, 3.63) is 42.6 Å². The number of likely N-dealkylation sites (N-methyl/N-ethyl adjacent to an activating group) is 1. The highest BCUT2D eigenvalue weighted by molar-refractivity contribution is 5.96. The van der Waals surface area contributed by atoms with Crippen molar-refractivity contribution in [3.8, 4) is 0 Å². The summed E-state index contributed by atoms with van der Waals surface area (Å²) in [5.74, 6) is 1.13. The molecule has 0 aliphatic heterocycles. The predicted molar refractivity (Wildman–Crippen MR) is 93.5 cm³/mol. The van der Waals surface area contributed by atoms with E-state index in [1.807, 2.05) is 35.0 Å². The number of hydrogen-bond donors (Lipinski definition) is 2. The molecule has 0 saturated heterocycles. The van der Waals surface area contributed by atoms with Crippen LogP contribution in [0.3, 0.4) is 0 Å². The molecule has 0 unspecified atom stereocenters. The Balaban J connectivity index is 1.54. The van der Waals surface area contributed by atoms with Gasteiger partial charge in [0.15, 0.2) is 0 Å². The first-order valence-corrected chi connectivity index (χ1v) is 8.42. The average molecular weight is 323 g/mol. The number of allylic oxidation sites excluding steroid dienone is 2. The van der Waals surface area contributed by atoms with Gasteiger partial charge in [-0.05, 0) is 48.3 Å². The van der Waals surface area contributed by atoms with Crippen molar-refractivity contribution >= 4 is 28.4 Å². The summed E-state index contributed by atoms with van der Waals surface area (Å²) in [7, 11) is 1.63. The number of nitrogens with zero attached hydrogens (tertiary/aromatic N) is 1. The van der Waals surface area contributed by atoms with Crippen LogP contribution in [-0.4, -0.2) is 23.4 Å². The van der Waals surface area contributed by atoms with Crippen molar-refractivity contribution in [1.82, 2.24) is 9.88 Å². The second kappa shape index (κ2) is 5.82. The van der Waals surface area contributed by atoms with Gasteiger partial charge in [0.1, 0.15) is 6.54 Å². The van der Waals surface area contributed by atoms with Crippen LogP contribution in [0, 0.1) is 17.8 Å². The van der Waals surface area contributed by atoms with Crippen LogP contribution in [0.4, 0.5) is 5.69 Å². The molecule has 3 atom stereocenters. The van der Waals surface area contributed by atoms with Crippen molar-refractivity contribution in [2.24, 2.45) is 17.8 Å². The van der Waals surface area contributed by atoms with Crippen LogP contribution in [0.15, 0.2) is 42.6 Å². The molecule has 2 aliphatic carbocycles. The highest BCUT2D eigenvalue weighted by Gasteiger charge is 2.39. The van der Waals surface area contributed by atoms with Crippen LogP contribution in [-0.2, 0) is 16.1 Å². The Bertz CT molecular complexity index is 836. The average Bonchev–Trinajstić information content (AvgIpc) is 3.30. The quantitative estimate of drug-likeness (QED) is 0.849. The molecule has 0 spiro atoms. The van der Waals surface area contributed by atoms with Gasteiger partial charge in [-0.1, -0.05) is 18.2 Å². The van der Waals surface area contributed by atoms with E-state index in [-0.39, 0.29) is 24.3 Å². The number of aromatic nitrogens is 1. The molecule has 1 heterocycles. The molecule has 0 radical (unpaired) electrons. The van der Waals surface area contributed by atoms with Crippen molar-refractivity contribution in [2.45, 2.75) is 19.4 Å². The Morgan fingerprint density at radius 2 is 2.08 bits per heavy atom. The van der Waals surface area contributed by atoms with Crippen molar-refractivity contribution < 1.29 is 9.59 Å². The lowest BCUT2D eigenvalue weighted by Crippen LogP contribution is -2.26. The van der Waals surface area contributed by atoms with Crippen LogP contribution < -0.4 is 10.6 Å². The summed E-state index contributed by atoms with van der Waals surface area (Å²) >= 11 is 0. The van der Waals surface area contributed by atoms with Gasteiger partial charge in [0.05, 0.1) is 5.52 Å². The Kier molecular flexibility index (Phi) is 3.63. The number of anilines is 1. The van der Waals surface area contributed by atoms with E-state index in [1.165, 1.54) is 0 Å². The second-order valence-electron chi connectivity index (χ2n) is 6.77. The van der Waals surface area contributed by atoms with E-state index in [9.17, 15) is 9.59 Å². The predicted octanol–water partition coefficient (Wildman–Crippen LogP) is 2.54. The lowest BCUT2D eigenvalue weighted by Gasteiger charge is -2.17. The summed E-state index contributed by atoms with van der Waals surface area (Å²) in [6.07, 6.45) is 8.41. The molecular formula is C19H21N3O2. The first-order chi connectivity index (χ1) is 11.6. The topological polar surface area (TPSA) is 63.1 Å². The monoisotopic (exact) mass is 323 g/mol. The number of carbonyl (C=O) groups excluding carboxylic acids is 2. The number of benzene rings is 1. The van der Waals surface area contributed by atoms with Gasteiger partial charge < -0.3 is 15.2 Å². The fourth-order valence-corrected chi connectivity index (χ4v) is 3.95. The molecule has 1 aromatic heterocycles. The zero-order chi connectivity index (χ0) is 16.7. The molecule has 2 bridgehead atoms. The fourth-order valence-electron chi connectivity index (χ4n) is 3.95. The molecular weight excluding hydrogens is 302 g/mol. The molecule has 24 heavy (non-hydrogen) atoms. The molecule has 4 rings (SSSR count). The third-order valence-electron chi connectivity index (χ3n) is 5.25. The Labute approximate surface area is 140 Å². The highest BCUT2D eigenvalue weighted by Crippen LogP contribution is 2.43. The van der Waals surface area contributed by atoms with Crippen LogP contribution in [0.25, 0.3) is 10.9 Å². The summed E-state index contributed by atoms with van der Waals surface area (Å²) in [4.78, 5) is 24.2. The summed E-state index contributed by atoms with van der Waals surface area (Å²) in [5.41, 5.74) is 1.74. The van der Waals surface area contributed by atoms with E-state index in [0.717, 1.165) is 29.4 Å². The number of hydrogen-bond acceptors (Lipinski definition) is 2. The van der Waals surface area contributed by atoms with Gasteiger partial charge >= 0.3 is 0 Å². The maximum Gasteiger partial charge on any atom is 0.239 e. The number of carbonyl (C=O) groups is 2. The zero-order valence-electron chi connectivity index (χ0n) is 13.7. The largest absolute Gasteiger partial charge is 0.358 e. The summed E-state index contributed by atoms with van der Waals surface area (Å²) in [6.45, 7) is 0.272. The van der Waals surface area contributed by atoms with Gasteiger partial charge in [-0.25, -0.2) is 0 Å². The van der Waals surface area contributed by atoms with Gasteiger partial charge in [-0.15, -0.1) is 0 Å². The van der Waals surface area contributed by atoms with E-state index >= 15 is 0 Å². The molecule has 1 aromatic carbocycles. The molecule has 2 N–H and O–H groups in total. The van der Waals surface area contributed by atoms with Crippen LogP contribution in [0.5, 0.6) is 0 Å². The number of rotatable bonds is 4. The number of nitrogens with one attached hydrogen (secondary N) is 2. The van der Waals surface area contributed by atoms with Crippen LogP contribution >= 0.6 is 0 Å². The van der Waals surface area contributed by atoms with E-state index in [0.29, 0.717) is 11.8 Å². The van der Waals surface area contributed by atoms with E-state index in [1.54, 1.807) is 7.05 Å². The van der Waals surface area contributed by atoms with Gasteiger partial charge in [0, 0.05) is 24.8 Å². The molecule has 2 aromatic rings. The minimum Gasteiger partial charge on any atom is -0.358 e. The summed E-state index contributed by atoms with van der Waals surface area (Å²) < 4.78 is 1.89.